The van der Waals surface area contributed by atoms with Crippen molar-refractivity contribution in [2.45, 2.75) is 0 Å². The molecule has 0 atom stereocenters. The molecule has 0 bridgehead atoms. The standard InChI is InChI=1S/C20H17BrN4O3/c21-14-8-10-15(11-9-14)24-18(26)13-27-25-19(22)17-7-4-12-23-20(17)28-16-5-2-1-3-6-16/h1-12H,13H2,(H2,22,25)(H,24,26). The number of hydrogen-bond donors (Lipinski definition) is 2. The van der Waals surface area contributed by atoms with Gasteiger partial charge in [0.2, 0.25) is 5.88 Å². The van der Waals surface area contributed by atoms with Crippen LogP contribution in [0, 0.1) is 0 Å². The summed E-state index contributed by atoms with van der Waals surface area (Å²) in [5, 5.41) is 6.49. The Hall–Kier alpha value is -3.39. The van der Waals surface area contributed by atoms with Crippen molar-refractivity contribution in [1.82, 2.24) is 4.98 Å². The highest BCUT2D eigenvalue weighted by molar-refractivity contribution is 9.10. The van der Waals surface area contributed by atoms with Gasteiger partial charge in [-0.15, -0.1) is 0 Å². The number of pyridine rings is 1. The summed E-state index contributed by atoms with van der Waals surface area (Å²) in [5.74, 6) is 0.601. The lowest BCUT2D eigenvalue weighted by atomic mass is 10.2. The molecule has 7 nitrogen and oxygen atoms in total. The van der Waals surface area contributed by atoms with Crippen LogP contribution in [0.2, 0.25) is 0 Å². The second-order valence-corrected chi connectivity index (χ2v) is 6.49. The maximum atomic E-state index is 11.9. The zero-order valence-electron chi connectivity index (χ0n) is 14.7. The number of oxime groups is 1. The average Bonchev–Trinajstić information content (AvgIpc) is 2.71. The van der Waals surface area contributed by atoms with E-state index in [0.717, 1.165) is 4.47 Å². The molecule has 0 spiro atoms. The third-order valence-corrected chi connectivity index (χ3v) is 4.02. The number of benzene rings is 2. The van der Waals surface area contributed by atoms with Gasteiger partial charge in [-0.05, 0) is 48.5 Å². The van der Waals surface area contributed by atoms with Crippen LogP contribution in [0.1, 0.15) is 5.56 Å². The molecule has 0 radical (unpaired) electrons. The van der Waals surface area contributed by atoms with Crippen LogP contribution < -0.4 is 15.8 Å². The number of carbonyl (C=O) groups is 1. The molecule has 28 heavy (non-hydrogen) atoms. The molecule has 0 saturated heterocycles. The number of halogens is 1. The Labute approximate surface area is 170 Å². The van der Waals surface area contributed by atoms with Gasteiger partial charge in [0.25, 0.3) is 5.91 Å². The van der Waals surface area contributed by atoms with Gasteiger partial charge in [0.1, 0.15) is 5.75 Å². The summed E-state index contributed by atoms with van der Waals surface area (Å²) in [6.45, 7) is -0.286. The number of para-hydroxylation sites is 1. The van der Waals surface area contributed by atoms with Gasteiger partial charge in [-0.25, -0.2) is 4.98 Å². The number of aromatic nitrogens is 1. The Bertz CT molecular complexity index is 963. The quantitative estimate of drug-likeness (QED) is 0.329. The van der Waals surface area contributed by atoms with E-state index in [4.69, 9.17) is 15.3 Å². The number of nitrogens with two attached hydrogens (primary N) is 1. The monoisotopic (exact) mass is 440 g/mol. The van der Waals surface area contributed by atoms with E-state index in [9.17, 15) is 4.79 Å². The average molecular weight is 441 g/mol. The van der Waals surface area contributed by atoms with Crippen molar-refractivity contribution in [3.63, 3.8) is 0 Å². The number of rotatable bonds is 7. The van der Waals surface area contributed by atoms with Crippen LogP contribution in [-0.4, -0.2) is 23.3 Å². The Kier molecular flexibility index (Phi) is 6.59. The number of hydrogen-bond acceptors (Lipinski definition) is 5. The molecule has 0 aliphatic carbocycles. The van der Waals surface area contributed by atoms with Crippen molar-refractivity contribution in [3.05, 3.63) is 83.0 Å². The molecule has 2 aromatic carbocycles. The fraction of sp³-hybridized carbons (Fsp3) is 0.0500. The molecule has 0 saturated carbocycles. The Morgan fingerprint density at radius 2 is 1.82 bits per heavy atom. The largest absolute Gasteiger partial charge is 0.438 e. The van der Waals surface area contributed by atoms with E-state index in [1.165, 1.54) is 0 Å². The van der Waals surface area contributed by atoms with Crippen molar-refractivity contribution in [2.75, 3.05) is 11.9 Å². The Morgan fingerprint density at radius 1 is 1.07 bits per heavy atom. The number of carbonyl (C=O) groups excluding carboxylic acids is 1. The van der Waals surface area contributed by atoms with E-state index in [0.29, 0.717) is 17.0 Å². The lowest BCUT2D eigenvalue weighted by Gasteiger charge is -2.09. The molecule has 0 aliphatic rings. The molecule has 3 N–H and O–H groups in total. The number of nitrogens with one attached hydrogen (secondary N) is 1. The van der Waals surface area contributed by atoms with Crippen LogP contribution in [0.15, 0.2) is 82.6 Å². The third-order valence-electron chi connectivity index (χ3n) is 3.49. The number of amides is 1. The zero-order chi connectivity index (χ0) is 19.8. The van der Waals surface area contributed by atoms with Crippen LogP contribution in [0.25, 0.3) is 0 Å². The number of anilines is 1. The summed E-state index contributed by atoms with van der Waals surface area (Å²) in [6, 6.07) is 19.8. The van der Waals surface area contributed by atoms with Crippen LogP contribution in [0.3, 0.4) is 0 Å². The van der Waals surface area contributed by atoms with Gasteiger partial charge < -0.3 is 20.6 Å². The zero-order valence-corrected chi connectivity index (χ0v) is 16.3. The number of amidine groups is 1. The summed E-state index contributed by atoms with van der Waals surface area (Å²) >= 11 is 3.33. The minimum atomic E-state index is -0.356. The van der Waals surface area contributed by atoms with E-state index in [1.807, 2.05) is 30.3 Å². The molecule has 0 aliphatic heterocycles. The molecule has 142 valence electrons. The predicted octanol–water partition coefficient (Wildman–Crippen LogP) is 3.91. The lowest BCUT2D eigenvalue weighted by Crippen LogP contribution is -2.20. The normalized spacial score (nSPS) is 11.0. The second kappa shape index (κ2) is 9.52. The van der Waals surface area contributed by atoms with E-state index in [2.05, 4.69) is 31.4 Å². The van der Waals surface area contributed by atoms with E-state index in [-0.39, 0.29) is 24.2 Å². The van der Waals surface area contributed by atoms with E-state index < -0.39 is 0 Å². The lowest BCUT2D eigenvalue weighted by molar-refractivity contribution is -0.120. The van der Waals surface area contributed by atoms with Gasteiger partial charge in [0.15, 0.2) is 12.4 Å². The molecule has 8 heteroatoms. The SMILES string of the molecule is N/C(=N\OCC(=O)Nc1ccc(Br)cc1)c1cccnc1Oc1ccccc1. The first kappa shape index (κ1) is 19.4. The Morgan fingerprint density at radius 3 is 2.57 bits per heavy atom. The maximum absolute atomic E-state index is 11.9. The van der Waals surface area contributed by atoms with Gasteiger partial charge in [0, 0.05) is 16.4 Å². The van der Waals surface area contributed by atoms with Crippen LogP contribution >= 0.6 is 15.9 Å². The molecule has 0 unspecified atom stereocenters. The predicted molar refractivity (Wildman–Crippen MR) is 110 cm³/mol. The fourth-order valence-electron chi connectivity index (χ4n) is 2.21. The first-order valence-corrected chi connectivity index (χ1v) is 9.10. The molecular weight excluding hydrogens is 424 g/mol. The van der Waals surface area contributed by atoms with Gasteiger partial charge in [-0.1, -0.05) is 39.3 Å². The molecule has 3 rings (SSSR count). The van der Waals surface area contributed by atoms with Crippen molar-refractivity contribution < 1.29 is 14.4 Å². The summed E-state index contributed by atoms with van der Waals surface area (Å²) in [6.07, 6.45) is 1.58. The highest BCUT2D eigenvalue weighted by Crippen LogP contribution is 2.22. The highest BCUT2D eigenvalue weighted by atomic mass is 79.9. The summed E-state index contributed by atoms with van der Waals surface area (Å²) < 4.78 is 6.66. The smallest absolute Gasteiger partial charge is 0.265 e. The van der Waals surface area contributed by atoms with Gasteiger partial charge >= 0.3 is 0 Å². The highest BCUT2D eigenvalue weighted by Gasteiger charge is 2.11. The van der Waals surface area contributed by atoms with Crippen molar-refractivity contribution in [2.24, 2.45) is 10.9 Å². The van der Waals surface area contributed by atoms with E-state index >= 15 is 0 Å². The van der Waals surface area contributed by atoms with E-state index in [1.54, 1.807) is 42.6 Å². The fourth-order valence-corrected chi connectivity index (χ4v) is 2.47. The van der Waals surface area contributed by atoms with Gasteiger partial charge in [-0.3, -0.25) is 4.79 Å². The minimum Gasteiger partial charge on any atom is -0.438 e. The summed E-state index contributed by atoms with van der Waals surface area (Å²) in [4.78, 5) is 21.2. The maximum Gasteiger partial charge on any atom is 0.265 e. The second-order valence-electron chi connectivity index (χ2n) is 5.58. The molecule has 1 heterocycles. The molecule has 0 fully saturated rings. The number of ether oxygens (including phenoxy) is 1. The first-order chi connectivity index (χ1) is 13.6. The molecule has 1 aromatic heterocycles. The first-order valence-electron chi connectivity index (χ1n) is 8.31. The summed E-state index contributed by atoms with van der Waals surface area (Å²) in [5.41, 5.74) is 7.08. The molecular formula is C20H17BrN4O3. The number of nitrogens with zero attached hydrogens (tertiary/aromatic N) is 2. The molecule has 1 amide bonds. The van der Waals surface area contributed by atoms with Crippen LogP contribution in [0.4, 0.5) is 5.69 Å². The minimum absolute atomic E-state index is 0.0514. The Balaban J connectivity index is 1.60. The molecule has 3 aromatic rings. The van der Waals surface area contributed by atoms with Crippen molar-refractivity contribution in [1.29, 1.82) is 0 Å². The third kappa shape index (κ3) is 5.55. The van der Waals surface area contributed by atoms with Crippen LogP contribution in [-0.2, 0) is 9.63 Å². The van der Waals surface area contributed by atoms with Crippen molar-refractivity contribution >= 4 is 33.4 Å². The topological polar surface area (TPSA) is 98.8 Å². The van der Waals surface area contributed by atoms with Gasteiger partial charge in [-0.2, -0.15) is 0 Å². The van der Waals surface area contributed by atoms with Crippen molar-refractivity contribution in [3.8, 4) is 11.6 Å². The van der Waals surface area contributed by atoms with Crippen LogP contribution in [0.5, 0.6) is 11.6 Å². The summed E-state index contributed by atoms with van der Waals surface area (Å²) in [7, 11) is 0. The van der Waals surface area contributed by atoms with Gasteiger partial charge in [0.05, 0.1) is 5.56 Å².